The maximum absolute atomic E-state index is 12.2. The van der Waals surface area contributed by atoms with E-state index in [1.165, 1.54) is 0 Å². The molecule has 1 spiro atoms. The van der Waals surface area contributed by atoms with E-state index in [1.807, 2.05) is 16.7 Å². The summed E-state index contributed by atoms with van der Waals surface area (Å²) in [6.45, 7) is 5.63. The third-order valence-corrected chi connectivity index (χ3v) is 5.05. The molecule has 19 heavy (non-hydrogen) atoms. The van der Waals surface area contributed by atoms with Gasteiger partial charge in [0.1, 0.15) is 0 Å². The minimum atomic E-state index is 0.122. The summed E-state index contributed by atoms with van der Waals surface area (Å²) in [7, 11) is 0. The Balaban J connectivity index is 1.78. The number of nitrogens with one attached hydrogen (secondary N) is 1. The van der Waals surface area contributed by atoms with Gasteiger partial charge in [-0.3, -0.25) is 0 Å². The minimum absolute atomic E-state index is 0.122. The summed E-state index contributed by atoms with van der Waals surface area (Å²) in [5.74, 6) is 1.10. The molecule has 2 saturated heterocycles. The summed E-state index contributed by atoms with van der Waals surface area (Å²) in [6, 6.07) is 0.392. The molecule has 2 rings (SSSR count). The first-order valence-corrected chi connectivity index (χ1v) is 8.67. The van der Waals surface area contributed by atoms with Crippen LogP contribution in [0.1, 0.15) is 32.6 Å². The van der Waals surface area contributed by atoms with E-state index in [4.69, 9.17) is 4.74 Å². The first-order chi connectivity index (χ1) is 9.15. The van der Waals surface area contributed by atoms with Crippen molar-refractivity contribution in [2.45, 2.75) is 38.6 Å². The van der Waals surface area contributed by atoms with Gasteiger partial charge in [0.15, 0.2) is 0 Å². The molecular weight excluding hydrogens is 260 g/mol. The Hall–Kier alpha value is -0.420. The summed E-state index contributed by atoms with van der Waals surface area (Å²) in [6.07, 6.45) is 6.50. The van der Waals surface area contributed by atoms with Gasteiger partial charge in [0.2, 0.25) is 0 Å². The molecule has 4 nitrogen and oxygen atoms in total. The molecule has 110 valence electrons. The van der Waals surface area contributed by atoms with E-state index in [1.54, 1.807) is 0 Å². The monoisotopic (exact) mass is 286 g/mol. The van der Waals surface area contributed by atoms with Crippen molar-refractivity contribution in [3.63, 3.8) is 0 Å². The molecule has 0 aromatic rings. The quantitative estimate of drug-likeness (QED) is 0.862. The molecule has 2 fully saturated rings. The van der Waals surface area contributed by atoms with Gasteiger partial charge in [-0.25, -0.2) is 4.79 Å². The molecule has 0 saturated carbocycles. The summed E-state index contributed by atoms with van der Waals surface area (Å²) in [4.78, 5) is 14.2. The lowest BCUT2D eigenvalue weighted by Crippen LogP contribution is -2.44. The van der Waals surface area contributed by atoms with Crippen LogP contribution >= 0.6 is 11.8 Å². The van der Waals surface area contributed by atoms with E-state index in [2.05, 4.69) is 18.5 Å². The second-order valence-corrected chi connectivity index (χ2v) is 6.90. The molecule has 0 bridgehead atoms. The van der Waals surface area contributed by atoms with Crippen LogP contribution in [0.15, 0.2) is 0 Å². The van der Waals surface area contributed by atoms with Crippen LogP contribution in [0.4, 0.5) is 4.79 Å². The molecule has 1 atom stereocenters. The van der Waals surface area contributed by atoms with E-state index < -0.39 is 0 Å². The number of carbonyl (C=O) groups excluding carboxylic acids is 1. The fourth-order valence-electron chi connectivity index (χ4n) is 2.99. The number of nitrogens with zero attached hydrogens (tertiary/aromatic N) is 1. The standard InChI is InChI=1S/C14H26N2O2S/c1-12(3-10-19-2)15-13(17)16-7-4-14(11-16)5-8-18-9-6-14/h12H,3-11H2,1-2H3,(H,15,17)/t12-/m0/s1. The van der Waals surface area contributed by atoms with Gasteiger partial charge in [-0.2, -0.15) is 11.8 Å². The Bertz CT molecular complexity index is 306. The lowest BCUT2D eigenvalue weighted by Gasteiger charge is -2.33. The van der Waals surface area contributed by atoms with Crippen molar-refractivity contribution >= 4 is 17.8 Å². The van der Waals surface area contributed by atoms with Gasteiger partial charge in [-0.15, -0.1) is 0 Å². The number of ether oxygens (including phenoxy) is 1. The SMILES string of the molecule is CSCC[C@H](C)NC(=O)N1CCC2(CCOCC2)C1. The van der Waals surface area contributed by atoms with Crippen molar-refractivity contribution in [3.8, 4) is 0 Å². The first kappa shape index (κ1) is 15.0. The van der Waals surface area contributed by atoms with Gasteiger partial charge >= 0.3 is 6.03 Å². The highest BCUT2D eigenvalue weighted by atomic mass is 32.2. The number of rotatable bonds is 4. The van der Waals surface area contributed by atoms with E-state index in [0.717, 1.165) is 57.7 Å². The molecule has 5 heteroatoms. The maximum atomic E-state index is 12.2. The number of amides is 2. The number of carbonyl (C=O) groups is 1. The van der Waals surface area contributed by atoms with Crippen molar-refractivity contribution in [2.75, 3.05) is 38.3 Å². The van der Waals surface area contributed by atoms with Gasteiger partial charge in [0, 0.05) is 32.3 Å². The zero-order valence-electron chi connectivity index (χ0n) is 12.1. The zero-order chi connectivity index (χ0) is 13.7. The highest BCUT2D eigenvalue weighted by Gasteiger charge is 2.40. The first-order valence-electron chi connectivity index (χ1n) is 7.27. The lowest BCUT2D eigenvalue weighted by molar-refractivity contribution is 0.0208. The molecule has 0 aliphatic carbocycles. The van der Waals surface area contributed by atoms with Crippen LogP contribution in [-0.4, -0.2) is 55.3 Å². The number of thioether (sulfide) groups is 1. The summed E-state index contributed by atoms with van der Waals surface area (Å²) < 4.78 is 5.44. The second kappa shape index (κ2) is 6.84. The van der Waals surface area contributed by atoms with Crippen LogP contribution in [0.3, 0.4) is 0 Å². The molecular formula is C14H26N2O2S. The third kappa shape index (κ3) is 4.02. The molecule has 2 aliphatic heterocycles. The van der Waals surface area contributed by atoms with E-state index in [-0.39, 0.29) is 12.1 Å². The Labute approximate surface area is 120 Å². The predicted octanol–water partition coefficient (Wildman–Crippen LogP) is 2.34. The summed E-state index contributed by atoms with van der Waals surface area (Å²) in [5, 5.41) is 3.12. The highest BCUT2D eigenvalue weighted by molar-refractivity contribution is 7.98. The number of hydrogen-bond donors (Lipinski definition) is 1. The van der Waals surface area contributed by atoms with Crippen LogP contribution in [0.2, 0.25) is 0 Å². The van der Waals surface area contributed by atoms with Crippen LogP contribution in [0.5, 0.6) is 0 Å². The largest absolute Gasteiger partial charge is 0.381 e. The van der Waals surface area contributed by atoms with E-state index >= 15 is 0 Å². The smallest absolute Gasteiger partial charge is 0.317 e. The maximum Gasteiger partial charge on any atom is 0.317 e. The normalized spacial score (nSPS) is 23.6. The molecule has 2 amide bonds. The van der Waals surface area contributed by atoms with Gasteiger partial charge < -0.3 is 15.0 Å². The Kier molecular flexibility index (Phi) is 5.39. The number of likely N-dealkylation sites (tertiary alicyclic amines) is 1. The molecule has 0 aromatic carbocycles. The molecule has 1 N–H and O–H groups in total. The van der Waals surface area contributed by atoms with Gasteiger partial charge in [-0.05, 0) is 50.0 Å². The van der Waals surface area contributed by atoms with E-state index in [9.17, 15) is 4.79 Å². The number of urea groups is 1. The summed E-state index contributed by atoms with van der Waals surface area (Å²) in [5.41, 5.74) is 0.345. The minimum Gasteiger partial charge on any atom is -0.381 e. The number of hydrogen-bond acceptors (Lipinski definition) is 3. The fraction of sp³-hybridized carbons (Fsp3) is 0.929. The van der Waals surface area contributed by atoms with Gasteiger partial charge in [0.25, 0.3) is 0 Å². The zero-order valence-corrected chi connectivity index (χ0v) is 12.9. The highest BCUT2D eigenvalue weighted by Crippen LogP contribution is 2.39. The topological polar surface area (TPSA) is 41.6 Å². The van der Waals surface area contributed by atoms with Crippen LogP contribution in [0.25, 0.3) is 0 Å². The van der Waals surface area contributed by atoms with Crippen LogP contribution in [0, 0.1) is 5.41 Å². The molecule has 2 aliphatic rings. The molecule has 0 aromatic heterocycles. The molecule has 0 unspecified atom stereocenters. The summed E-state index contributed by atoms with van der Waals surface area (Å²) >= 11 is 1.83. The fourth-order valence-corrected chi connectivity index (χ4v) is 3.58. The van der Waals surface area contributed by atoms with Crippen molar-refractivity contribution in [2.24, 2.45) is 5.41 Å². The van der Waals surface area contributed by atoms with Crippen molar-refractivity contribution in [3.05, 3.63) is 0 Å². The average Bonchev–Trinajstić information content (AvgIpc) is 2.81. The van der Waals surface area contributed by atoms with Crippen LogP contribution < -0.4 is 5.32 Å². The Morgan fingerprint density at radius 3 is 2.84 bits per heavy atom. The third-order valence-electron chi connectivity index (χ3n) is 4.40. The van der Waals surface area contributed by atoms with Crippen LogP contribution in [-0.2, 0) is 4.74 Å². The van der Waals surface area contributed by atoms with Gasteiger partial charge in [0.05, 0.1) is 0 Å². The lowest BCUT2D eigenvalue weighted by atomic mass is 9.80. The molecule has 0 radical (unpaired) electrons. The Morgan fingerprint density at radius 1 is 1.42 bits per heavy atom. The van der Waals surface area contributed by atoms with E-state index in [0.29, 0.717) is 5.41 Å². The predicted molar refractivity (Wildman–Crippen MR) is 79.7 cm³/mol. The van der Waals surface area contributed by atoms with Gasteiger partial charge in [-0.1, -0.05) is 0 Å². The van der Waals surface area contributed by atoms with Crippen molar-refractivity contribution < 1.29 is 9.53 Å². The molecule has 2 heterocycles. The van der Waals surface area contributed by atoms with Crippen molar-refractivity contribution in [1.82, 2.24) is 10.2 Å². The second-order valence-electron chi connectivity index (χ2n) is 5.92. The average molecular weight is 286 g/mol. The Morgan fingerprint density at radius 2 is 2.16 bits per heavy atom. The van der Waals surface area contributed by atoms with Crippen molar-refractivity contribution in [1.29, 1.82) is 0 Å².